The average molecular weight is 560 g/mol. The van der Waals surface area contributed by atoms with E-state index in [1.54, 1.807) is 6.07 Å². The molecule has 1 amide bonds. The predicted octanol–water partition coefficient (Wildman–Crippen LogP) is 5.32. The predicted molar refractivity (Wildman–Crippen MR) is 150 cm³/mol. The van der Waals surface area contributed by atoms with Crippen LogP contribution in [0.4, 0.5) is 20.4 Å². The van der Waals surface area contributed by atoms with Crippen molar-refractivity contribution in [2.45, 2.75) is 50.4 Å². The number of aromatic nitrogens is 3. The molecule has 0 aliphatic carbocycles. The van der Waals surface area contributed by atoms with Crippen LogP contribution in [-0.4, -0.2) is 51.6 Å². The Morgan fingerprint density at radius 3 is 2.17 bits per heavy atom. The first kappa shape index (κ1) is 26.9. The molecule has 2 N–H and O–H groups in total. The van der Waals surface area contributed by atoms with E-state index in [-0.39, 0.29) is 17.7 Å². The van der Waals surface area contributed by atoms with Crippen molar-refractivity contribution in [3.05, 3.63) is 101 Å². The fourth-order valence-corrected chi connectivity index (χ4v) is 5.96. The van der Waals surface area contributed by atoms with E-state index in [0.29, 0.717) is 24.7 Å². The van der Waals surface area contributed by atoms with E-state index in [2.05, 4.69) is 44.2 Å². The van der Waals surface area contributed by atoms with Crippen molar-refractivity contribution in [1.82, 2.24) is 14.8 Å². The molecular weight excluding hydrogens is 528 g/mol. The van der Waals surface area contributed by atoms with Gasteiger partial charge in [0.05, 0.1) is 11.9 Å². The van der Waals surface area contributed by atoms with Crippen molar-refractivity contribution < 1.29 is 23.4 Å². The molecule has 8 nitrogen and oxygen atoms in total. The van der Waals surface area contributed by atoms with Gasteiger partial charge in [-0.1, -0.05) is 67.6 Å². The Morgan fingerprint density at radius 2 is 1.61 bits per heavy atom. The summed E-state index contributed by atoms with van der Waals surface area (Å²) in [6.45, 7) is 0.370. The second-order valence-corrected chi connectivity index (χ2v) is 10.5. The van der Waals surface area contributed by atoms with Crippen LogP contribution in [0.25, 0.3) is 0 Å². The summed E-state index contributed by atoms with van der Waals surface area (Å²) in [7, 11) is 0. The Hall–Kier alpha value is -4.31. The minimum absolute atomic E-state index is 0.0248. The second-order valence-electron chi connectivity index (χ2n) is 10.5. The quantitative estimate of drug-likeness (QED) is 0.319. The number of fused-ring (bicyclic) bond motifs is 1. The van der Waals surface area contributed by atoms with Crippen molar-refractivity contribution >= 4 is 17.5 Å². The summed E-state index contributed by atoms with van der Waals surface area (Å²) in [4.78, 5) is 19.2. The van der Waals surface area contributed by atoms with E-state index >= 15 is 0 Å². The SMILES string of the molecule is C[C@H]1c2c(C3CCN(c4ccc(OC(F)F)cn4)CC3)nn(C(c3ccccc3)c3ccccc3)c2NC(=O)[C@H]1O. The van der Waals surface area contributed by atoms with Crippen molar-refractivity contribution in [2.75, 3.05) is 23.3 Å². The number of carbonyl (C=O) groups excluding carboxylic acids is 1. The number of ether oxygens (including phenoxy) is 1. The maximum absolute atomic E-state index is 12.8. The van der Waals surface area contributed by atoms with Gasteiger partial charge in [0.15, 0.2) is 0 Å². The van der Waals surface area contributed by atoms with E-state index < -0.39 is 24.5 Å². The van der Waals surface area contributed by atoms with Gasteiger partial charge >= 0.3 is 6.61 Å². The highest BCUT2D eigenvalue weighted by molar-refractivity contribution is 5.97. The number of nitrogens with one attached hydrogen (secondary N) is 1. The number of anilines is 2. The third-order valence-corrected chi connectivity index (χ3v) is 8.04. The first-order valence-corrected chi connectivity index (χ1v) is 13.8. The molecule has 1 saturated heterocycles. The average Bonchev–Trinajstić information content (AvgIpc) is 3.36. The first-order chi connectivity index (χ1) is 19.9. The molecule has 0 radical (unpaired) electrons. The third-order valence-electron chi connectivity index (χ3n) is 8.04. The second kappa shape index (κ2) is 11.3. The number of rotatable bonds is 7. The molecule has 1 fully saturated rings. The minimum Gasteiger partial charge on any atom is -0.433 e. The number of benzene rings is 2. The van der Waals surface area contributed by atoms with Gasteiger partial charge in [0.1, 0.15) is 29.5 Å². The largest absolute Gasteiger partial charge is 0.433 e. The highest BCUT2D eigenvalue weighted by Gasteiger charge is 2.40. The molecule has 0 saturated carbocycles. The van der Waals surface area contributed by atoms with E-state index in [0.717, 1.165) is 35.2 Å². The maximum atomic E-state index is 12.8. The van der Waals surface area contributed by atoms with Gasteiger partial charge in [0.25, 0.3) is 5.91 Å². The highest BCUT2D eigenvalue weighted by Crippen LogP contribution is 2.44. The molecular formula is C31H31F2N5O3. The van der Waals surface area contributed by atoms with Crippen LogP contribution < -0.4 is 15.0 Å². The highest BCUT2D eigenvalue weighted by atomic mass is 19.3. The lowest BCUT2D eigenvalue weighted by Crippen LogP contribution is -2.38. The molecule has 0 bridgehead atoms. The fourth-order valence-electron chi connectivity index (χ4n) is 5.96. The number of halogens is 2. The number of hydrogen-bond acceptors (Lipinski definition) is 6. The molecule has 2 aliphatic heterocycles. The summed E-state index contributed by atoms with van der Waals surface area (Å²) >= 11 is 0. The molecule has 2 atom stereocenters. The molecule has 2 aliphatic rings. The number of alkyl halides is 2. The van der Waals surface area contributed by atoms with Gasteiger partial charge in [0.2, 0.25) is 0 Å². The maximum Gasteiger partial charge on any atom is 0.387 e. The zero-order chi connectivity index (χ0) is 28.5. The fraction of sp³-hybridized carbons (Fsp3) is 0.323. The molecule has 6 rings (SSSR count). The smallest absolute Gasteiger partial charge is 0.387 e. The number of piperidine rings is 1. The van der Waals surface area contributed by atoms with Crippen LogP contribution in [0.3, 0.4) is 0 Å². The molecule has 10 heteroatoms. The normalized spacial score (nSPS) is 19.4. The van der Waals surface area contributed by atoms with Gasteiger partial charge < -0.3 is 20.1 Å². The van der Waals surface area contributed by atoms with Crippen LogP contribution in [-0.2, 0) is 4.79 Å². The summed E-state index contributed by atoms with van der Waals surface area (Å²) in [5, 5.41) is 18.9. The number of aliphatic hydroxyl groups excluding tert-OH is 1. The van der Waals surface area contributed by atoms with Crippen LogP contribution in [0.1, 0.15) is 60.0 Å². The summed E-state index contributed by atoms with van der Waals surface area (Å²) < 4.78 is 31.4. The van der Waals surface area contributed by atoms with E-state index in [4.69, 9.17) is 5.10 Å². The van der Waals surface area contributed by atoms with Crippen LogP contribution >= 0.6 is 0 Å². The Labute approximate surface area is 236 Å². The number of carbonyl (C=O) groups is 1. The Balaban J connectivity index is 1.34. The van der Waals surface area contributed by atoms with Crippen LogP contribution in [0, 0.1) is 0 Å². The number of nitrogens with zero attached hydrogens (tertiary/aromatic N) is 4. The number of pyridine rings is 1. The molecule has 41 heavy (non-hydrogen) atoms. The van der Waals surface area contributed by atoms with Gasteiger partial charge in [-0.3, -0.25) is 4.79 Å². The van der Waals surface area contributed by atoms with Crippen molar-refractivity contribution in [3.63, 3.8) is 0 Å². The van der Waals surface area contributed by atoms with Crippen molar-refractivity contribution in [2.24, 2.45) is 0 Å². The summed E-state index contributed by atoms with van der Waals surface area (Å²) in [6.07, 6.45) is 1.70. The molecule has 4 heterocycles. The number of aliphatic hydroxyl groups is 1. The lowest BCUT2D eigenvalue weighted by molar-refractivity contribution is -0.125. The molecule has 2 aromatic carbocycles. The van der Waals surface area contributed by atoms with Gasteiger partial charge in [-0.25, -0.2) is 9.67 Å². The van der Waals surface area contributed by atoms with E-state index in [1.165, 1.54) is 12.3 Å². The monoisotopic (exact) mass is 559 g/mol. The van der Waals surface area contributed by atoms with Crippen molar-refractivity contribution in [3.8, 4) is 5.75 Å². The summed E-state index contributed by atoms with van der Waals surface area (Å²) in [5.74, 6) is 0.590. The molecule has 4 aromatic rings. The zero-order valence-electron chi connectivity index (χ0n) is 22.5. The van der Waals surface area contributed by atoms with Gasteiger partial charge in [-0.2, -0.15) is 13.9 Å². The Kier molecular flexibility index (Phi) is 7.40. The number of hydrogen-bond donors (Lipinski definition) is 2. The summed E-state index contributed by atoms with van der Waals surface area (Å²) in [6, 6.07) is 23.0. The van der Waals surface area contributed by atoms with Crippen LogP contribution in [0.15, 0.2) is 79.0 Å². The third kappa shape index (κ3) is 5.27. The van der Waals surface area contributed by atoms with E-state index in [9.17, 15) is 18.7 Å². The molecule has 0 spiro atoms. The van der Waals surface area contributed by atoms with Crippen LogP contribution in [0.2, 0.25) is 0 Å². The topological polar surface area (TPSA) is 92.5 Å². The van der Waals surface area contributed by atoms with Gasteiger partial charge in [0, 0.05) is 30.5 Å². The van der Waals surface area contributed by atoms with E-state index in [1.807, 2.05) is 48.0 Å². The van der Waals surface area contributed by atoms with Gasteiger partial charge in [-0.15, -0.1) is 0 Å². The van der Waals surface area contributed by atoms with Crippen LogP contribution in [0.5, 0.6) is 5.75 Å². The lowest BCUT2D eigenvalue weighted by Gasteiger charge is -2.33. The lowest BCUT2D eigenvalue weighted by atomic mass is 9.84. The van der Waals surface area contributed by atoms with Crippen molar-refractivity contribution in [1.29, 1.82) is 0 Å². The molecule has 212 valence electrons. The molecule has 2 aromatic heterocycles. The standard InChI is InChI=1S/C31H31F2N5O3/c1-19-25-26(20-14-16-37(17-15-20)24-13-12-23(18-34-24)41-31(32)33)36-38(29(25)35-30(40)28(19)39)27(21-8-4-2-5-9-21)22-10-6-3-7-11-22/h2-13,18-20,27-28,31,39H,14-17H2,1H3,(H,35,40)/t19-,28-/m0/s1. The minimum atomic E-state index is -2.89. The Morgan fingerprint density at radius 1 is 0.976 bits per heavy atom. The van der Waals surface area contributed by atoms with Gasteiger partial charge in [-0.05, 0) is 36.1 Å². The summed E-state index contributed by atoms with van der Waals surface area (Å²) in [5.41, 5.74) is 3.82. The number of amides is 1. The Bertz CT molecular complexity index is 1450. The zero-order valence-corrected chi connectivity index (χ0v) is 22.5. The molecule has 0 unspecified atom stereocenters. The first-order valence-electron chi connectivity index (χ1n) is 13.8.